The minimum absolute atomic E-state index is 0.0547. The van der Waals surface area contributed by atoms with Gasteiger partial charge in [-0.05, 0) is 81.0 Å². The minimum Gasteiger partial charge on any atom is -0.508 e. The van der Waals surface area contributed by atoms with Gasteiger partial charge in [0.15, 0.2) is 5.78 Å². The SMILES string of the molecule is CCc1cc(-c2cc(C)cc(F)c2)ccc1C1=C(O)C(C)(C)OC(C)(C)C1=O. The fourth-order valence-corrected chi connectivity index (χ4v) is 3.90. The second kappa shape index (κ2) is 6.85. The highest BCUT2D eigenvalue weighted by Gasteiger charge is 2.47. The minimum atomic E-state index is -1.03. The molecule has 0 bridgehead atoms. The van der Waals surface area contributed by atoms with Gasteiger partial charge in [0.2, 0.25) is 0 Å². The highest BCUT2D eigenvalue weighted by atomic mass is 19.1. The Morgan fingerprint density at radius 2 is 1.68 bits per heavy atom. The second-order valence-electron chi connectivity index (χ2n) is 8.42. The van der Waals surface area contributed by atoms with Crippen LogP contribution >= 0.6 is 0 Å². The van der Waals surface area contributed by atoms with Crippen molar-refractivity contribution < 1.29 is 19.0 Å². The first-order valence-electron chi connectivity index (χ1n) is 9.56. The number of aryl methyl sites for hydroxylation is 2. The summed E-state index contributed by atoms with van der Waals surface area (Å²) in [5.74, 6) is -0.574. The average Bonchev–Trinajstić information content (AvgIpc) is 2.59. The van der Waals surface area contributed by atoms with Gasteiger partial charge in [-0.2, -0.15) is 0 Å². The van der Waals surface area contributed by atoms with Crippen LogP contribution in [-0.4, -0.2) is 22.1 Å². The predicted octanol–water partition coefficient (Wildman–Crippen LogP) is 5.79. The van der Waals surface area contributed by atoms with E-state index in [4.69, 9.17) is 4.74 Å². The lowest BCUT2D eigenvalue weighted by Gasteiger charge is -2.40. The highest BCUT2D eigenvalue weighted by molar-refractivity contribution is 6.26. The Morgan fingerprint density at radius 3 is 2.29 bits per heavy atom. The van der Waals surface area contributed by atoms with Gasteiger partial charge in [0.1, 0.15) is 22.8 Å². The van der Waals surface area contributed by atoms with Crippen LogP contribution in [0, 0.1) is 12.7 Å². The first kappa shape index (κ1) is 20.3. The third-order valence-corrected chi connectivity index (χ3v) is 5.22. The van der Waals surface area contributed by atoms with Crippen molar-refractivity contribution in [2.45, 2.75) is 59.2 Å². The van der Waals surface area contributed by atoms with E-state index in [-0.39, 0.29) is 17.4 Å². The quantitative estimate of drug-likeness (QED) is 0.731. The van der Waals surface area contributed by atoms with Crippen molar-refractivity contribution in [2.24, 2.45) is 0 Å². The van der Waals surface area contributed by atoms with Crippen molar-refractivity contribution in [1.82, 2.24) is 0 Å². The first-order chi connectivity index (χ1) is 13.0. The molecular weight excluding hydrogens is 355 g/mol. The van der Waals surface area contributed by atoms with Gasteiger partial charge >= 0.3 is 0 Å². The van der Waals surface area contributed by atoms with Crippen LogP contribution < -0.4 is 0 Å². The zero-order valence-electron chi connectivity index (χ0n) is 17.3. The number of benzene rings is 2. The molecule has 1 aliphatic heterocycles. The van der Waals surface area contributed by atoms with Crippen LogP contribution in [-0.2, 0) is 16.0 Å². The highest BCUT2D eigenvalue weighted by Crippen LogP contribution is 2.41. The molecule has 0 aromatic heterocycles. The van der Waals surface area contributed by atoms with E-state index in [2.05, 4.69) is 0 Å². The number of rotatable bonds is 3. The molecule has 4 heteroatoms. The summed E-state index contributed by atoms with van der Waals surface area (Å²) in [5.41, 5.74) is 2.44. The summed E-state index contributed by atoms with van der Waals surface area (Å²) in [6, 6.07) is 10.6. The summed E-state index contributed by atoms with van der Waals surface area (Å²) < 4.78 is 19.7. The van der Waals surface area contributed by atoms with Gasteiger partial charge in [0, 0.05) is 0 Å². The second-order valence-corrected chi connectivity index (χ2v) is 8.42. The number of Topliss-reactive ketones (excluding diaryl/α,β-unsaturated/α-hetero) is 1. The number of aliphatic hydroxyl groups is 1. The molecule has 3 rings (SSSR count). The summed E-state index contributed by atoms with van der Waals surface area (Å²) in [5, 5.41) is 10.8. The summed E-state index contributed by atoms with van der Waals surface area (Å²) in [6.07, 6.45) is 0.670. The molecule has 0 fully saturated rings. The molecule has 0 amide bonds. The molecule has 28 heavy (non-hydrogen) atoms. The van der Waals surface area contributed by atoms with E-state index in [0.29, 0.717) is 17.6 Å². The van der Waals surface area contributed by atoms with Crippen molar-refractivity contribution in [2.75, 3.05) is 0 Å². The molecule has 1 aliphatic rings. The van der Waals surface area contributed by atoms with Crippen LogP contribution in [0.25, 0.3) is 16.7 Å². The van der Waals surface area contributed by atoms with Crippen LogP contribution in [0.1, 0.15) is 51.3 Å². The molecule has 1 N–H and O–H groups in total. The number of ketones is 1. The Morgan fingerprint density at radius 1 is 1.00 bits per heavy atom. The molecule has 2 aromatic carbocycles. The van der Waals surface area contributed by atoms with E-state index in [0.717, 1.165) is 22.3 Å². The van der Waals surface area contributed by atoms with Crippen LogP contribution in [0.2, 0.25) is 0 Å². The Kier molecular flexibility index (Phi) is 4.96. The van der Waals surface area contributed by atoms with Crippen molar-refractivity contribution in [3.8, 4) is 11.1 Å². The standard InChI is InChI=1S/C24H27FO3/c1-7-15-12-16(17-10-14(2)11-18(25)13-17)8-9-19(15)20-21(26)23(3,4)28-24(5,6)22(20)27/h8-13,26H,7H2,1-6H3. The smallest absolute Gasteiger partial charge is 0.198 e. The zero-order chi connectivity index (χ0) is 20.9. The maximum Gasteiger partial charge on any atom is 0.198 e. The molecule has 3 nitrogen and oxygen atoms in total. The third-order valence-electron chi connectivity index (χ3n) is 5.22. The van der Waals surface area contributed by atoms with Crippen LogP contribution in [0.15, 0.2) is 42.2 Å². The Bertz CT molecular complexity index is 963. The predicted molar refractivity (Wildman–Crippen MR) is 110 cm³/mol. The molecular formula is C24H27FO3. The van der Waals surface area contributed by atoms with Crippen molar-refractivity contribution >= 4 is 11.4 Å². The number of carbonyl (C=O) groups excluding carboxylic acids is 1. The van der Waals surface area contributed by atoms with E-state index in [9.17, 15) is 14.3 Å². The summed E-state index contributed by atoms with van der Waals surface area (Å²) in [6.45, 7) is 10.8. The van der Waals surface area contributed by atoms with Gasteiger partial charge in [-0.25, -0.2) is 4.39 Å². The largest absolute Gasteiger partial charge is 0.508 e. The number of halogens is 1. The van der Waals surface area contributed by atoms with Gasteiger partial charge in [-0.1, -0.05) is 31.2 Å². The van der Waals surface area contributed by atoms with Gasteiger partial charge in [0.25, 0.3) is 0 Å². The van der Waals surface area contributed by atoms with E-state index in [1.54, 1.807) is 27.7 Å². The molecule has 0 atom stereocenters. The van der Waals surface area contributed by atoms with Crippen LogP contribution in [0.4, 0.5) is 4.39 Å². The Labute approximate surface area is 165 Å². The van der Waals surface area contributed by atoms with Crippen LogP contribution in [0.5, 0.6) is 0 Å². The van der Waals surface area contributed by atoms with E-state index >= 15 is 0 Å². The summed E-state index contributed by atoms with van der Waals surface area (Å²) in [4.78, 5) is 13.1. The number of hydrogen-bond acceptors (Lipinski definition) is 3. The Hall–Kier alpha value is -2.46. The molecule has 0 aliphatic carbocycles. The number of aliphatic hydroxyl groups excluding tert-OH is 1. The van der Waals surface area contributed by atoms with E-state index < -0.39 is 11.2 Å². The Balaban J connectivity index is 2.19. The lowest BCUT2D eigenvalue weighted by molar-refractivity contribution is -0.158. The van der Waals surface area contributed by atoms with Gasteiger partial charge in [-0.3, -0.25) is 4.79 Å². The molecule has 0 spiro atoms. The lowest BCUT2D eigenvalue weighted by atomic mass is 9.81. The summed E-state index contributed by atoms with van der Waals surface area (Å²) >= 11 is 0. The fraction of sp³-hybridized carbons (Fsp3) is 0.375. The monoisotopic (exact) mass is 382 g/mol. The topological polar surface area (TPSA) is 46.5 Å². The van der Waals surface area contributed by atoms with Gasteiger partial charge in [-0.15, -0.1) is 0 Å². The van der Waals surface area contributed by atoms with Crippen LogP contribution in [0.3, 0.4) is 0 Å². The van der Waals surface area contributed by atoms with Crippen molar-refractivity contribution in [1.29, 1.82) is 0 Å². The third kappa shape index (κ3) is 3.49. The summed E-state index contributed by atoms with van der Waals surface area (Å²) in [7, 11) is 0. The molecule has 0 unspecified atom stereocenters. The van der Waals surface area contributed by atoms with E-state index in [1.807, 2.05) is 38.1 Å². The lowest BCUT2D eigenvalue weighted by Crippen LogP contribution is -2.49. The fourth-order valence-electron chi connectivity index (χ4n) is 3.90. The molecule has 2 aromatic rings. The average molecular weight is 382 g/mol. The molecule has 0 saturated heterocycles. The zero-order valence-corrected chi connectivity index (χ0v) is 17.3. The molecule has 148 valence electrons. The van der Waals surface area contributed by atoms with Crippen molar-refractivity contribution in [3.63, 3.8) is 0 Å². The normalized spacial score (nSPS) is 18.5. The maximum atomic E-state index is 13.8. The first-order valence-corrected chi connectivity index (χ1v) is 9.56. The molecule has 0 saturated carbocycles. The molecule has 1 heterocycles. The maximum absolute atomic E-state index is 13.8. The van der Waals surface area contributed by atoms with Crippen molar-refractivity contribution in [3.05, 3.63) is 64.7 Å². The number of ether oxygens (including phenoxy) is 1. The number of carbonyl (C=O) groups is 1. The van der Waals surface area contributed by atoms with Gasteiger partial charge in [0.05, 0.1) is 5.57 Å². The van der Waals surface area contributed by atoms with E-state index in [1.165, 1.54) is 12.1 Å². The molecule has 0 radical (unpaired) electrons. The number of hydrogen-bond donors (Lipinski definition) is 1. The van der Waals surface area contributed by atoms with Gasteiger partial charge < -0.3 is 9.84 Å².